The van der Waals surface area contributed by atoms with Crippen molar-refractivity contribution in [1.29, 1.82) is 0 Å². The topological polar surface area (TPSA) is 111 Å². The summed E-state index contributed by atoms with van der Waals surface area (Å²) in [6, 6.07) is 13.2. The number of rotatable bonds is 8. The fraction of sp³-hybridized carbons (Fsp3) is 0.143. The van der Waals surface area contributed by atoms with Crippen LogP contribution in [-0.4, -0.2) is 37.5 Å². The minimum absolute atomic E-state index is 0.152. The lowest BCUT2D eigenvalue weighted by Gasteiger charge is -2.26. The maximum absolute atomic E-state index is 13.3. The fourth-order valence-electron chi connectivity index (χ4n) is 3.79. The molecule has 4 amide bonds. The van der Waals surface area contributed by atoms with E-state index in [0.29, 0.717) is 37.3 Å². The molecular formula is C28H21Cl2IN2O7. The second-order valence-electron chi connectivity index (χ2n) is 8.28. The number of nitrogens with zero attached hydrogens (tertiary/aromatic N) is 1. The van der Waals surface area contributed by atoms with E-state index in [1.54, 1.807) is 30.3 Å². The summed E-state index contributed by atoms with van der Waals surface area (Å²) in [5, 5.41) is 3.15. The number of hydrogen-bond acceptors (Lipinski definition) is 7. The highest BCUT2D eigenvalue weighted by Crippen LogP contribution is 2.36. The molecular weight excluding hydrogens is 674 g/mol. The van der Waals surface area contributed by atoms with Crippen molar-refractivity contribution >= 4 is 81.4 Å². The predicted octanol–water partition coefficient (Wildman–Crippen LogP) is 6.03. The first-order chi connectivity index (χ1) is 19.1. The Morgan fingerprint density at radius 1 is 1.02 bits per heavy atom. The monoisotopic (exact) mass is 694 g/mol. The van der Waals surface area contributed by atoms with Gasteiger partial charge in [-0.1, -0.05) is 29.3 Å². The normalized spacial score (nSPS) is 14.3. The first-order valence-corrected chi connectivity index (χ1v) is 13.6. The van der Waals surface area contributed by atoms with Crippen LogP contribution in [-0.2, 0) is 20.9 Å². The van der Waals surface area contributed by atoms with Crippen LogP contribution in [0.4, 0.5) is 10.5 Å². The number of amides is 4. The number of imide groups is 2. The van der Waals surface area contributed by atoms with Crippen LogP contribution < -0.4 is 19.7 Å². The van der Waals surface area contributed by atoms with Gasteiger partial charge < -0.3 is 14.2 Å². The zero-order valence-electron chi connectivity index (χ0n) is 21.1. The van der Waals surface area contributed by atoms with Crippen LogP contribution in [0.1, 0.15) is 28.4 Å². The molecule has 0 spiro atoms. The number of carbonyl (C=O) groups excluding carboxylic acids is 4. The van der Waals surface area contributed by atoms with Crippen LogP contribution in [0.2, 0.25) is 10.0 Å². The Labute approximate surface area is 253 Å². The van der Waals surface area contributed by atoms with E-state index in [1.807, 2.05) is 6.92 Å². The molecule has 0 saturated carbocycles. The first-order valence-electron chi connectivity index (χ1n) is 11.8. The van der Waals surface area contributed by atoms with E-state index >= 15 is 0 Å². The van der Waals surface area contributed by atoms with E-state index in [4.69, 9.17) is 32.7 Å². The summed E-state index contributed by atoms with van der Waals surface area (Å²) >= 11 is 14.3. The van der Waals surface area contributed by atoms with Crippen molar-refractivity contribution in [3.05, 3.63) is 90.5 Å². The lowest BCUT2D eigenvalue weighted by molar-refractivity contribution is -0.122. The third kappa shape index (κ3) is 6.40. The molecule has 1 aliphatic rings. The summed E-state index contributed by atoms with van der Waals surface area (Å²) in [4.78, 5) is 51.1. The largest absolute Gasteiger partial charge is 0.490 e. The van der Waals surface area contributed by atoms with Gasteiger partial charge >= 0.3 is 12.0 Å². The summed E-state index contributed by atoms with van der Waals surface area (Å²) in [5.74, 6) is -1.40. The molecule has 1 heterocycles. The van der Waals surface area contributed by atoms with Crippen molar-refractivity contribution in [2.75, 3.05) is 18.6 Å². The third-order valence-corrected chi connectivity index (χ3v) is 7.07. The fourth-order valence-corrected chi connectivity index (χ4v) is 5.03. The number of barbiturate groups is 1. The lowest BCUT2D eigenvalue weighted by atomic mass is 10.1. The number of nitrogens with one attached hydrogen (secondary N) is 1. The highest BCUT2D eigenvalue weighted by molar-refractivity contribution is 14.1. The smallest absolute Gasteiger partial charge is 0.337 e. The molecule has 206 valence electrons. The molecule has 0 atom stereocenters. The zero-order valence-corrected chi connectivity index (χ0v) is 24.8. The average molecular weight is 695 g/mol. The molecule has 0 bridgehead atoms. The maximum Gasteiger partial charge on any atom is 0.337 e. The van der Waals surface area contributed by atoms with E-state index in [9.17, 15) is 19.2 Å². The molecule has 0 unspecified atom stereocenters. The highest BCUT2D eigenvalue weighted by atomic mass is 127. The van der Waals surface area contributed by atoms with Crippen molar-refractivity contribution in [2.45, 2.75) is 13.5 Å². The van der Waals surface area contributed by atoms with Gasteiger partial charge in [-0.2, -0.15) is 0 Å². The van der Waals surface area contributed by atoms with Crippen LogP contribution >= 0.6 is 45.8 Å². The molecule has 0 radical (unpaired) electrons. The molecule has 1 fully saturated rings. The van der Waals surface area contributed by atoms with E-state index in [1.165, 1.54) is 37.5 Å². The van der Waals surface area contributed by atoms with Gasteiger partial charge in [0.15, 0.2) is 11.5 Å². The number of anilines is 1. The second-order valence-corrected chi connectivity index (χ2v) is 10.3. The molecule has 4 rings (SSSR count). The number of methoxy groups -OCH3 is 1. The summed E-state index contributed by atoms with van der Waals surface area (Å²) in [6.45, 7) is 2.29. The van der Waals surface area contributed by atoms with Crippen molar-refractivity contribution in [1.82, 2.24) is 5.32 Å². The van der Waals surface area contributed by atoms with Gasteiger partial charge in [0.2, 0.25) is 0 Å². The third-order valence-electron chi connectivity index (χ3n) is 5.68. The minimum atomic E-state index is -0.910. The molecule has 3 aromatic rings. The Morgan fingerprint density at radius 2 is 1.75 bits per heavy atom. The van der Waals surface area contributed by atoms with E-state index in [-0.39, 0.29) is 23.4 Å². The molecule has 40 heavy (non-hydrogen) atoms. The number of benzene rings is 3. The standard InChI is InChI=1S/C28H21Cl2IN2O7/c1-3-39-23-12-15(11-22(31)24(23)40-14-17-4-7-18(29)13-21(17)30)10-20-25(34)32-28(37)33(26(20)35)19-8-5-16(6-9-19)27(36)38-2/h4-13H,3,14H2,1-2H3,(H,32,34,37)/b20-10+. The molecule has 12 heteroatoms. The number of urea groups is 1. The number of ether oxygens (including phenoxy) is 3. The van der Waals surface area contributed by atoms with Gasteiger partial charge in [0.1, 0.15) is 12.2 Å². The Bertz CT molecular complexity index is 1540. The summed E-state index contributed by atoms with van der Waals surface area (Å²) in [6.07, 6.45) is 1.37. The van der Waals surface area contributed by atoms with E-state index < -0.39 is 23.8 Å². The quantitative estimate of drug-likeness (QED) is 0.133. The Hall–Kier alpha value is -3.61. The highest BCUT2D eigenvalue weighted by Gasteiger charge is 2.37. The zero-order chi connectivity index (χ0) is 29.0. The van der Waals surface area contributed by atoms with Gasteiger partial charge in [0.05, 0.1) is 28.5 Å². The molecule has 0 aliphatic carbocycles. The number of carbonyl (C=O) groups is 4. The molecule has 0 aromatic heterocycles. The van der Waals surface area contributed by atoms with Gasteiger partial charge in [-0.3, -0.25) is 14.9 Å². The summed E-state index contributed by atoms with van der Waals surface area (Å²) in [5.41, 5.74) is 1.34. The molecule has 1 saturated heterocycles. The summed E-state index contributed by atoms with van der Waals surface area (Å²) in [7, 11) is 1.24. The lowest BCUT2D eigenvalue weighted by Crippen LogP contribution is -2.54. The van der Waals surface area contributed by atoms with Crippen molar-refractivity contribution in [2.24, 2.45) is 0 Å². The molecule has 3 aromatic carbocycles. The molecule has 1 N–H and O–H groups in total. The van der Waals surface area contributed by atoms with Gasteiger partial charge in [-0.15, -0.1) is 0 Å². The van der Waals surface area contributed by atoms with E-state index in [2.05, 4.69) is 32.6 Å². The van der Waals surface area contributed by atoms with Crippen LogP contribution in [0.5, 0.6) is 11.5 Å². The minimum Gasteiger partial charge on any atom is -0.490 e. The number of hydrogen-bond donors (Lipinski definition) is 1. The van der Waals surface area contributed by atoms with Crippen LogP contribution in [0.25, 0.3) is 6.08 Å². The van der Waals surface area contributed by atoms with Crippen LogP contribution in [0.3, 0.4) is 0 Å². The Morgan fingerprint density at radius 3 is 2.40 bits per heavy atom. The second kappa shape index (κ2) is 12.7. The number of halogens is 3. The van der Waals surface area contributed by atoms with Crippen molar-refractivity contribution in [3.63, 3.8) is 0 Å². The van der Waals surface area contributed by atoms with Gasteiger partial charge in [0, 0.05) is 15.6 Å². The molecule has 9 nitrogen and oxygen atoms in total. The van der Waals surface area contributed by atoms with Gasteiger partial charge in [0.25, 0.3) is 11.8 Å². The van der Waals surface area contributed by atoms with E-state index in [0.717, 1.165) is 10.5 Å². The first kappa shape index (κ1) is 29.4. The predicted molar refractivity (Wildman–Crippen MR) is 158 cm³/mol. The van der Waals surface area contributed by atoms with Gasteiger partial charge in [-0.05, 0) is 89.7 Å². The number of esters is 1. The summed E-state index contributed by atoms with van der Waals surface area (Å²) < 4.78 is 17.1. The van der Waals surface area contributed by atoms with Crippen molar-refractivity contribution < 1.29 is 33.4 Å². The average Bonchev–Trinajstić information content (AvgIpc) is 2.91. The molecule has 1 aliphatic heterocycles. The Kier molecular flexibility index (Phi) is 9.33. The van der Waals surface area contributed by atoms with Gasteiger partial charge in [-0.25, -0.2) is 14.5 Å². The van der Waals surface area contributed by atoms with Crippen LogP contribution in [0, 0.1) is 3.57 Å². The Balaban J connectivity index is 1.64. The SMILES string of the molecule is CCOc1cc(/C=C2\C(=O)NC(=O)N(c3ccc(C(=O)OC)cc3)C2=O)cc(I)c1OCc1ccc(Cl)cc1Cl. The van der Waals surface area contributed by atoms with Crippen molar-refractivity contribution in [3.8, 4) is 11.5 Å². The maximum atomic E-state index is 13.3. The van der Waals surface area contributed by atoms with Crippen LogP contribution in [0.15, 0.2) is 60.2 Å².